The zero-order valence-corrected chi connectivity index (χ0v) is 11.9. The second-order valence-electron chi connectivity index (χ2n) is 4.89. The number of rotatable bonds is 5. The van der Waals surface area contributed by atoms with Gasteiger partial charge in [-0.2, -0.15) is 0 Å². The number of nitrogens with zero attached hydrogens (tertiary/aromatic N) is 2. The number of guanidine groups is 1. The Balaban J connectivity index is 1.71. The SMILES string of the molecule is C=C(NCc1ccco1)N1CCC(NC(N)=NC)CC1. The molecule has 110 valence electrons. The van der Waals surface area contributed by atoms with E-state index in [0.717, 1.165) is 37.5 Å². The largest absolute Gasteiger partial charge is 0.467 e. The van der Waals surface area contributed by atoms with Gasteiger partial charge in [0.2, 0.25) is 0 Å². The van der Waals surface area contributed by atoms with Crippen molar-refractivity contribution in [2.45, 2.75) is 25.4 Å². The molecule has 2 rings (SSSR count). The molecule has 0 aliphatic carbocycles. The van der Waals surface area contributed by atoms with Gasteiger partial charge in [-0.3, -0.25) is 4.99 Å². The molecule has 1 saturated heterocycles. The number of nitrogens with two attached hydrogens (primary N) is 1. The molecule has 0 spiro atoms. The summed E-state index contributed by atoms with van der Waals surface area (Å²) in [6.45, 7) is 6.66. The molecule has 1 aromatic rings. The minimum absolute atomic E-state index is 0.396. The number of hydrogen-bond acceptors (Lipinski definition) is 4. The van der Waals surface area contributed by atoms with E-state index in [4.69, 9.17) is 10.2 Å². The van der Waals surface area contributed by atoms with Gasteiger partial charge in [0.05, 0.1) is 18.6 Å². The molecule has 0 unspecified atom stereocenters. The third-order valence-corrected chi connectivity index (χ3v) is 3.52. The Kier molecular flexibility index (Phi) is 4.92. The van der Waals surface area contributed by atoms with Crippen LogP contribution in [0, 0.1) is 0 Å². The van der Waals surface area contributed by atoms with Crippen LogP contribution in [0.5, 0.6) is 0 Å². The highest BCUT2D eigenvalue weighted by Gasteiger charge is 2.20. The number of nitrogens with one attached hydrogen (secondary N) is 2. The molecule has 20 heavy (non-hydrogen) atoms. The van der Waals surface area contributed by atoms with Crippen LogP contribution in [0.4, 0.5) is 0 Å². The topological polar surface area (TPSA) is 78.8 Å². The summed E-state index contributed by atoms with van der Waals surface area (Å²) >= 11 is 0. The Hall–Kier alpha value is -2.11. The van der Waals surface area contributed by atoms with Crippen molar-refractivity contribution >= 4 is 5.96 Å². The molecule has 0 aromatic carbocycles. The molecule has 1 aliphatic heterocycles. The van der Waals surface area contributed by atoms with Crippen molar-refractivity contribution in [3.63, 3.8) is 0 Å². The summed E-state index contributed by atoms with van der Waals surface area (Å²) in [6.07, 6.45) is 3.73. The quantitative estimate of drug-likeness (QED) is 0.549. The maximum absolute atomic E-state index is 5.69. The molecule has 6 nitrogen and oxygen atoms in total. The summed E-state index contributed by atoms with van der Waals surface area (Å²) in [5.41, 5.74) is 5.69. The zero-order chi connectivity index (χ0) is 14.4. The summed E-state index contributed by atoms with van der Waals surface area (Å²) in [5.74, 6) is 2.37. The molecular formula is C14H23N5O. The molecule has 4 N–H and O–H groups in total. The fourth-order valence-electron chi connectivity index (χ4n) is 2.28. The van der Waals surface area contributed by atoms with Gasteiger partial charge >= 0.3 is 0 Å². The van der Waals surface area contributed by atoms with Gasteiger partial charge in [0.1, 0.15) is 5.76 Å². The van der Waals surface area contributed by atoms with Crippen molar-refractivity contribution in [2.24, 2.45) is 10.7 Å². The Morgan fingerprint density at radius 2 is 2.30 bits per heavy atom. The van der Waals surface area contributed by atoms with Gasteiger partial charge in [0.15, 0.2) is 5.96 Å². The van der Waals surface area contributed by atoms with E-state index in [9.17, 15) is 0 Å². The molecule has 0 amide bonds. The fourth-order valence-corrected chi connectivity index (χ4v) is 2.28. The first-order valence-corrected chi connectivity index (χ1v) is 6.88. The highest BCUT2D eigenvalue weighted by atomic mass is 16.3. The van der Waals surface area contributed by atoms with Gasteiger partial charge < -0.3 is 25.7 Å². The third kappa shape index (κ3) is 3.94. The van der Waals surface area contributed by atoms with E-state index in [1.807, 2.05) is 12.1 Å². The molecule has 0 atom stereocenters. The summed E-state index contributed by atoms with van der Waals surface area (Å²) in [4.78, 5) is 6.17. The van der Waals surface area contributed by atoms with Crippen LogP contribution in [0.2, 0.25) is 0 Å². The first kappa shape index (κ1) is 14.3. The van der Waals surface area contributed by atoms with E-state index in [1.54, 1.807) is 13.3 Å². The van der Waals surface area contributed by atoms with Crippen LogP contribution in [0.25, 0.3) is 0 Å². The lowest BCUT2D eigenvalue weighted by molar-refractivity contribution is 0.239. The lowest BCUT2D eigenvalue weighted by Crippen LogP contribution is -2.47. The lowest BCUT2D eigenvalue weighted by Gasteiger charge is -2.35. The van der Waals surface area contributed by atoms with Crippen LogP contribution in [0.1, 0.15) is 18.6 Å². The van der Waals surface area contributed by atoms with E-state index < -0.39 is 0 Å². The minimum atomic E-state index is 0.396. The van der Waals surface area contributed by atoms with Crippen molar-refractivity contribution < 1.29 is 4.42 Å². The normalized spacial score (nSPS) is 17.1. The summed E-state index contributed by atoms with van der Waals surface area (Å²) in [7, 11) is 1.69. The highest BCUT2D eigenvalue weighted by Crippen LogP contribution is 2.13. The smallest absolute Gasteiger partial charge is 0.188 e. The number of furan rings is 1. The molecule has 2 heterocycles. The molecule has 0 bridgehead atoms. The predicted molar refractivity (Wildman–Crippen MR) is 80.0 cm³/mol. The van der Waals surface area contributed by atoms with Crippen LogP contribution in [0.15, 0.2) is 40.2 Å². The Labute approximate surface area is 119 Å². The van der Waals surface area contributed by atoms with Gasteiger partial charge in [-0.15, -0.1) is 0 Å². The maximum Gasteiger partial charge on any atom is 0.188 e. The van der Waals surface area contributed by atoms with Crippen LogP contribution in [-0.4, -0.2) is 37.0 Å². The fraction of sp³-hybridized carbons (Fsp3) is 0.500. The van der Waals surface area contributed by atoms with Crippen LogP contribution in [-0.2, 0) is 6.54 Å². The Bertz CT molecular complexity index is 446. The standard InChI is InChI=1S/C14H23N5O/c1-11(17-10-13-4-3-9-20-13)19-7-5-12(6-8-19)18-14(15)16-2/h3-4,9,12,17H,1,5-8,10H2,2H3,(H3,15,16,18). The van der Waals surface area contributed by atoms with Gasteiger partial charge in [-0.1, -0.05) is 6.58 Å². The molecular weight excluding hydrogens is 254 g/mol. The second-order valence-corrected chi connectivity index (χ2v) is 4.89. The third-order valence-electron chi connectivity index (χ3n) is 3.52. The van der Waals surface area contributed by atoms with Gasteiger partial charge in [0.25, 0.3) is 0 Å². The predicted octanol–water partition coefficient (Wildman–Crippen LogP) is 0.839. The van der Waals surface area contributed by atoms with Crippen molar-refractivity contribution in [1.29, 1.82) is 0 Å². The summed E-state index contributed by atoms with van der Waals surface area (Å²) < 4.78 is 5.29. The van der Waals surface area contributed by atoms with Crippen molar-refractivity contribution in [1.82, 2.24) is 15.5 Å². The van der Waals surface area contributed by atoms with Gasteiger partial charge in [0, 0.05) is 26.2 Å². The average Bonchev–Trinajstić information content (AvgIpc) is 2.98. The summed E-state index contributed by atoms with van der Waals surface area (Å²) in [6, 6.07) is 4.23. The van der Waals surface area contributed by atoms with Gasteiger partial charge in [-0.25, -0.2) is 0 Å². The van der Waals surface area contributed by atoms with Crippen molar-refractivity contribution in [3.8, 4) is 0 Å². The maximum atomic E-state index is 5.69. The molecule has 1 aliphatic rings. The van der Waals surface area contributed by atoms with E-state index in [2.05, 4.69) is 27.1 Å². The van der Waals surface area contributed by atoms with Crippen LogP contribution < -0.4 is 16.4 Å². The monoisotopic (exact) mass is 277 g/mol. The molecule has 0 saturated carbocycles. The molecule has 6 heteroatoms. The Morgan fingerprint density at radius 3 is 2.90 bits per heavy atom. The van der Waals surface area contributed by atoms with Crippen LogP contribution in [0.3, 0.4) is 0 Å². The van der Waals surface area contributed by atoms with Crippen LogP contribution >= 0.6 is 0 Å². The minimum Gasteiger partial charge on any atom is -0.467 e. The second kappa shape index (κ2) is 6.88. The van der Waals surface area contributed by atoms with E-state index in [-0.39, 0.29) is 0 Å². The van der Waals surface area contributed by atoms with E-state index in [1.165, 1.54) is 0 Å². The Morgan fingerprint density at radius 1 is 1.55 bits per heavy atom. The summed E-state index contributed by atoms with van der Waals surface area (Å²) in [5, 5.41) is 6.51. The number of piperidine rings is 1. The number of likely N-dealkylation sites (tertiary alicyclic amines) is 1. The van der Waals surface area contributed by atoms with E-state index in [0.29, 0.717) is 18.5 Å². The zero-order valence-electron chi connectivity index (χ0n) is 11.9. The van der Waals surface area contributed by atoms with Crippen molar-refractivity contribution in [3.05, 3.63) is 36.6 Å². The first-order valence-electron chi connectivity index (χ1n) is 6.88. The van der Waals surface area contributed by atoms with Crippen molar-refractivity contribution in [2.75, 3.05) is 20.1 Å². The first-order chi connectivity index (χ1) is 9.69. The number of aliphatic imine (C=N–C) groups is 1. The molecule has 1 aromatic heterocycles. The lowest BCUT2D eigenvalue weighted by atomic mass is 10.1. The van der Waals surface area contributed by atoms with E-state index >= 15 is 0 Å². The molecule has 1 fully saturated rings. The number of hydrogen-bond donors (Lipinski definition) is 3. The highest BCUT2D eigenvalue weighted by molar-refractivity contribution is 5.77. The average molecular weight is 277 g/mol. The van der Waals surface area contributed by atoms with Gasteiger partial charge in [-0.05, 0) is 25.0 Å². The molecule has 0 radical (unpaired) electrons.